The molecule has 0 spiro atoms. The van der Waals surface area contributed by atoms with Gasteiger partial charge in [-0.15, -0.1) is 0 Å². The molecule has 1 saturated heterocycles. The van der Waals surface area contributed by atoms with Crippen molar-refractivity contribution in [3.05, 3.63) is 23.4 Å². The first-order chi connectivity index (χ1) is 11.8. The maximum absolute atomic E-state index is 12.8. The zero-order valence-electron chi connectivity index (χ0n) is 15.6. The Balaban J connectivity index is 1.71. The molecule has 6 nitrogen and oxygen atoms in total. The molecule has 6 heteroatoms. The highest BCUT2D eigenvalue weighted by Crippen LogP contribution is 2.31. The second-order valence-corrected chi connectivity index (χ2v) is 7.59. The van der Waals surface area contributed by atoms with Crippen molar-refractivity contribution in [3.8, 4) is 0 Å². The summed E-state index contributed by atoms with van der Waals surface area (Å²) in [6, 6.07) is 2.09. The van der Waals surface area contributed by atoms with Crippen LogP contribution in [0.25, 0.3) is 0 Å². The quantitative estimate of drug-likeness (QED) is 0.914. The van der Waals surface area contributed by atoms with Crippen molar-refractivity contribution in [2.75, 3.05) is 25.5 Å². The molecule has 136 valence electrons. The van der Waals surface area contributed by atoms with Crippen molar-refractivity contribution < 1.29 is 9.59 Å². The zero-order valence-corrected chi connectivity index (χ0v) is 15.6. The molecule has 3 heterocycles. The van der Waals surface area contributed by atoms with Gasteiger partial charge in [0.1, 0.15) is 5.82 Å². The third kappa shape index (κ3) is 3.48. The highest BCUT2D eigenvalue weighted by molar-refractivity contribution is 5.94. The number of anilines is 1. The second kappa shape index (κ2) is 6.65. The van der Waals surface area contributed by atoms with Crippen LogP contribution in [0.1, 0.15) is 56.0 Å². The summed E-state index contributed by atoms with van der Waals surface area (Å²) in [6.07, 6.45) is 5.54. The van der Waals surface area contributed by atoms with Gasteiger partial charge in [0.05, 0.1) is 11.6 Å². The molecule has 2 amide bonds. The van der Waals surface area contributed by atoms with Crippen LogP contribution in [0, 0.1) is 0 Å². The fraction of sp³-hybridized carbons (Fsp3) is 0.632. The Labute approximate surface area is 149 Å². The van der Waals surface area contributed by atoms with E-state index < -0.39 is 0 Å². The molecule has 2 aliphatic heterocycles. The van der Waals surface area contributed by atoms with Crippen molar-refractivity contribution in [2.45, 2.75) is 58.0 Å². The van der Waals surface area contributed by atoms with Crippen LogP contribution in [0.2, 0.25) is 0 Å². The van der Waals surface area contributed by atoms with E-state index in [4.69, 9.17) is 0 Å². The summed E-state index contributed by atoms with van der Waals surface area (Å²) in [7, 11) is 1.80. The number of fused-ring (bicyclic) bond motifs is 1. The first-order valence-electron chi connectivity index (χ1n) is 9.13. The number of carbonyl (C=O) groups excluding carboxylic acids is 2. The molecule has 0 aromatic carbocycles. The van der Waals surface area contributed by atoms with E-state index in [1.165, 1.54) is 0 Å². The Morgan fingerprint density at radius 2 is 2.24 bits per heavy atom. The molecule has 0 bridgehead atoms. The predicted octanol–water partition coefficient (Wildman–Crippen LogP) is 2.30. The fourth-order valence-corrected chi connectivity index (χ4v) is 3.64. The summed E-state index contributed by atoms with van der Waals surface area (Å²) in [5, 5.41) is 3.51. The van der Waals surface area contributed by atoms with Crippen LogP contribution in [0.4, 0.5) is 5.82 Å². The predicted molar refractivity (Wildman–Crippen MR) is 97.6 cm³/mol. The van der Waals surface area contributed by atoms with E-state index in [9.17, 15) is 9.59 Å². The number of hydrogen-bond donors (Lipinski definition) is 1. The molecule has 1 fully saturated rings. The first kappa shape index (κ1) is 17.7. The first-order valence-corrected chi connectivity index (χ1v) is 9.13. The lowest BCUT2D eigenvalue weighted by Gasteiger charge is -2.35. The Morgan fingerprint density at radius 1 is 1.48 bits per heavy atom. The third-order valence-electron chi connectivity index (χ3n) is 5.86. The molecule has 1 aromatic rings. The number of aryl methyl sites for hydroxylation is 1. The summed E-state index contributed by atoms with van der Waals surface area (Å²) in [5.74, 6) is 0.959. The molecule has 0 aliphatic carbocycles. The number of pyridine rings is 1. The van der Waals surface area contributed by atoms with Crippen LogP contribution in [-0.4, -0.2) is 58.3 Å². The lowest BCUT2D eigenvalue weighted by atomic mass is 9.87. The summed E-state index contributed by atoms with van der Waals surface area (Å²) < 4.78 is 0. The van der Waals surface area contributed by atoms with Gasteiger partial charge in [0, 0.05) is 38.8 Å². The van der Waals surface area contributed by atoms with Crippen molar-refractivity contribution in [2.24, 2.45) is 0 Å². The average Bonchev–Trinajstić information content (AvgIpc) is 3.09. The van der Waals surface area contributed by atoms with Crippen LogP contribution in [0.5, 0.6) is 0 Å². The molecule has 0 saturated carbocycles. The van der Waals surface area contributed by atoms with Gasteiger partial charge in [-0.05, 0) is 44.2 Å². The van der Waals surface area contributed by atoms with Gasteiger partial charge >= 0.3 is 0 Å². The van der Waals surface area contributed by atoms with Gasteiger partial charge in [-0.25, -0.2) is 4.98 Å². The largest absolute Gasteiger partial charge is 0.365 e. The molecule has 1 unspecified atom stereocenters. The summed E-state index contributed by atoms with van der Waals surface area (Å²) in [5.41, 5.74) is 1.85. The lowest BCUT2D eigenvalue weighted by molar-refractivity contribution is -0.129. The number of carbonyl (C=O) groups is 2. The van der Waals surface area contributed by atoms with Crippen LogP contribution < -0.4 is 5.32 Å². The van der Waals surface area contributed by atoms with Crippen LogP contribution in [0.3, 0.4) is 0 Å². The number of amides is 2. The number of nitrogens with zero attached hydrogens (tertiary/aromatic N) is 3. The number of aromatic nitrogens is 1. The molecule has 2 atom stereocenters. The van der Waals surface area contributed by atoms with E-state index >= 15 is 0 Å². The minimum Gasteiger partial charge on any atom is -0.365 e. The standard InChI is InChI=1S/C19H28N4O2/c1-5-19(3)8-6-14-10-15(11-20-17(14)21-19)18(25)23-9-7-16(12-23)22(4)13(2)24/h10-11,16H,5-9,12H2,1-4H3,(H,20,21)/t16-,19?/m0/s1. The van der Waals surface area contributed by atoms with E-state index in [1.54, 1.807) is 25.1 Å². The number of nitrogens with one attached hydrogen (secondary N) is 1. The minimum atomic E-state index is 0.0126. The van der Waals surface area contributed by atoms with Gasteiger partial charge in [-0.3, -0.25) is 9.59 Å². The maximum atomic E-state index is 12.8. The molecular weight excluding hydrogens is 316 g/mol. The van der Waals surface area contributed by atoms with Crippen molar-refractivity contribution in [3.63, 3.8) is 0 Å². The summed E-state index contributed by atoms with van der Waals surface area (Å²) in [6.45, 7) is 7.24. The number of likely N-dealkylation sites (tertiary alicyclic amines) is 1. The second-order valence-electron chi connectivity index (χ2n) is 7.59. The maximum Gasteiger partial charge on any atom is 0.255 e. The smallest absolute Gasteiger partial charge is 0.255 e. The van der Waals surface area contributed by atoms with Crippen LogP contribution in [-0.2, 0) is 11.2 Å². The van der Waals surface area contributed by atoms with Crippen molar-refractivity contribution in [1.82, 2.24) is 14.8 Å². The van der Waals surface area contributed by atoms with Crippen LogP contribution >= 0.6 is 0 Å². The molecule has 1 aromatic heterocycles. The number of rotatable bonds is 3. The van der Waals surface area contributed by atoms with E-state index in [0.717, 1.165) is 37.1 Å². The van der Waals surface area contributed by atoms with Crippen LogP contribution in [0.15, 0.2) is 12.3 Å². The minimum absolute atomic E-state index is 0.0126. The molecule has 3 rings (SSSR count). The van der Waals surface area contributed by atoms with Gasteiger partial charge in [-0.2, -0.15) is 0 Å². The Morgan fingerprint density at radius 3 is 2.92 bits per heavy atom. The molecule has 25 heavy (non-hydrogen) atoms. The Kier molecular flexibility index (Phi) is 4.71. The monoisotopic (exact) mass is 344 g/mol. The highest BCUT2D eigenvalue weighted by Gasteiger charge is 2.32. The van der Waals surface area contributed by atoms with Crippen molar-refractivity contribution in [1.29, 1.82) is 0 Å². The molecule has 1 N–H and O–H groups in total. The van der Waals surface area contributed by atoms with Crippen molar-refractivity contribution >= 4 is 17.6 Å². The summed E-state index contributed by atoms with van der Waals surface area (Å²) >= 11 is 0. The SMILES string of the molecule is CCC1(C)CCc2cc(C(=O)N3CC[C@H](N(C)C(C)=O)C3)cnc2N1. The summed E-state index contributed by atoms with van der Waals surface area (Å²) in [4.78, 5) is 32.4. The third-order valence-corrected chi connectivity index (χ3v) is 5.86. The molecule has 0 radical (unpaired) electrons. The van der Waals surface area contributed by atoms with E-state index in [2.05, 4.69) is 24.1 Å². The Bertz CT molecular complexity index is 690. The van der Waals surface area contributed by atoms with E-state index in [0.29, 0.717) is 18.7 Å². The van der Waals surface area contributed by atoms with Gasteiger partial charge in [-0.1, -0.05) is 6.92 Å². The number of likely N-dealkylation sites (N-methyl/N-ethyl adjacent to an activating group) is 1. The Hall–Kier alpha value is -2.11. The van der Waals surface area contributed by atoms with E-state index in [1.807, 2.05) is 11.0 Å². The molecule has 2 aliphatic rings. The molecular formula is C19H28N4O2. The normalized spacial score (nSPS) is 25.3. The van der Waals surface area contributed by atoms with E-state index in [-0.39, 0.29) is 23.4 Å². The average molecular weight is 344 g/mol. The highest BCUT2D eigenvalue weighted by atomic mass is 16.2. The van der Waals surface area contributed by atoms with Gasteiger partial charge in [0.2, 0.25) is 5.91 Å². The topological polar surface area (TPSA) is 65.5 Å². The van der Waals surface area contributed by atoms with Gasteiger partial charge < -0.3 is 15.1 Å². The number of hydrogen-bond acceptors (Lipinski definition) is 4. The zero-order chi connectivity index (χ0) is 18.2. The van der Waals surface area contributed by atoms with Gasteiger partial charge in [0.15, 0.2) is 0 Å². The van der Waals surface area contributed by atoms with Gasteiger partial charge in [0.25, 0.3) is 5.91 Å². The lowest BCUT2D eigenvalue weighted by Crippen LogP contribution is -2.39. The fourth-order valence-electron chi connectivity index (χ4n) is 3.64.